The van der Waals surface area contributed by atoms with Crippen LogP contribution in [0.25, 0.3) is 27.5 Å². The van der Waals surface area contributed by atoms with E-state index in [0.29, 0.717) is 5.69 Å². The lowest BCUT2D eigenvalue weighted by Crippen LogP contribution is -1.98. The summed E-state index contributed by atoms with van der Waals surface area (Å²) < 4.78 is 0. The number of phenols is 1. The second kappa shape index (κ2) is 4.06. The molecule has 0 fully saturated rings. The summed E-state index contributed by atoms with van der Waals surface area (Å²) in [5.41, 5.74) is 2.20. The Kier molecular flexibility index (Phi) is 2.23. The standard InChI is InChI=1S/C16H11N3O/c20-16-8-4-3-7-15(16)19-17-13-9-11-5-1-2-6-12(11)10-14(13)18-19/h1-10,20H. The molecule has 1 aromatic heterocycles. The molecule has 0 saturated heterocycles. The fraction of sp³-hybridized carbons (Fsp3) is 0. The maximum Gasteiger partial charge on any atom is 0.143 e. The highest BCUT2D eigenvalue weighted by Gasteiger charge is 2.08. The lowest BCUT2D eigenvalue weighted by Gasteiger charge is -2.00. The van der Waals surface area contributed by atoms with Crippen LogP contribution in [-0.2, 0) is 0 Å². The van der Waals surface area contributed by atoms with Gasteiger partial charge in [-0.15, -0.1) is 15.0 Å². The van der Waals surface area contributed by atoms with E-state index in [2.05, 4.69) is 10.2 Å². The van der Waals surface area contributed by atoms with Crippen LogP contribution in [-0.4, -0.2) is 20.1 Å². The molecule has 1 heterocycles. The van der Waals surface area contributed by atoms with Gasteiger partial charge in [-0.05, 0) is 35.0 Å². The Morgan fingerprint density at radius 3 is 1.90 bits per heavy atom. The largest absolute Gasteiger partial charge is 0.506 e. The molecule has 0 spiro atoms. The Labute approximate surface area is 114 Å². The lowest BCUT2D eigenvalue weighted by atomic mass is 10.1. The summed E-state index contributed by atoms with van der Waals surface area (Å²) in [5, 5.41) is 21.0. The summed E-state index contributed by atoms with van der Waals surface area (Å²) in [4.78, 5) is 1.47. The Morgan fingerprint density at radius 2 is 1.30 bits per heavy atom. The molecular weight excluding hydrogens is 250 g/mol. The molecule has 4 rings (SSSR count). The van der Waals surface area contributed by atoms with Crippen LogP contribution in [0.5, 0.6) is 5.75 Å². The Morgan fingerprint density at radius 1 is 0.750 bits per heavy atom. The Hall–Kier alpha value is -2.88. The average molecular weight is 261 g/mol. The third-order valence-electron chi connectivity index (χ3n) is 3.34. The van der Waals surface area contributed by atoms with Crippen molar-refractivity contribution in [3.8, 4) is 11.4 Å². The van der Waals surface area contributed by atoms with Crippen LogP contribution in [0.3, 0.4) is 0 Å². The number of para-hydroxylation sites is 2. The van der Waals surface area contributed by atoms with E-state index in [4.69, 9.17) is 0 Å². The van der Waals surface area contributed by atoms with Crippen LogP contribution in [0.1, 0.15) is 0 Å². The summed E-state index contributed by atoms with van der Waals surface area (Å²) in [6, 6.07) is 19.1. The van der Waals surface area contributed by atoms with Gasteiger partial charge in [-0.25, -0.2) is 0 Å². The number of fused-ring (bicyclic) bond motifs is 2. The van der Waals surface area contributed by atoms with Gasteiger partial charge >= 0.3 is 0 Å². The summed E-state index contributed by atoms with van der Waals surface area (Å²) >= 11 is 0. The molecule has 0 bridgehead atoms. The highest BCUT2D eigenvalue weighted by Crippen LogP contribution is 2.23. The molecule has 4 nitrogen and oxygen atoms in total. The van der Waals surface area contributed by atoms with Gasteiger partial charge in [0.05, 0.1) is 0 Å². The number of aromatic hydroxyl groups is 1. The molecule has 3 aromatic carbocycles. The van der Waals surface area contributed by atoms with Gasteiger partial charge in [0, 0.05) is 0 Å². The van der Waals surface area contributed by atoms with Crippen LogP contribution >= 0.6 is 0 Å². The fourth-order valence-electron chi connectivity index (χ4n) is 2.34. The molecule has 96 valence electrons. The highest BCUT2D eigenvalue weighted by molar-refractivity contribution is 5.94. The molecule has 1 N–H and O–H groups in total. The van der Waals surface area contributed by atoms with Gasteiger partial charge < -0.3 is 5.11 Å². The molecule has 0 saturated carbocycles. The second-order valence-electron chi connectivity index (χ2n) is 4.67. The van der Waals surface area contributed by atoms with E-state index in [1.165, 1.54) is 4.80 Å². The van der Waals surface area contributed by atoms with Crippen LogP contribution in [0, 0.1) is 0 Å². The second-order valence-corrected chi connectivity index (χ2v) is 4.67. The first-order valence-corrected chi connectivity index (χ1v) is 6.35. The number of hydrogen-bond donors (Lipinski definition) is 1. The van der Waals surface area contributed by atoms with Crippen LogP contribution in [0.4, 0.5) is 0 Å². The summed E-state index contributed by atoms with van der Waals surface area (Å²) in [7, 11) is 0. The van der Waals surface area contributed by atoms with Gasteiger partial charge in [0.25, 0.3) is 0 Å². The van der Waals surface area contributed by atoms with E-state index in [1.54, 1.807) is 18.2 Å². The molecule has 4 aromatic rings. The molecule has 0 aliphatic carbocycles. The molecule has 0 unspecified atom stereocenters. The van der Waals surface area contributed by atoms with Crippen LogP contribution in [0.15, 0.2) is 60.7 Å². The normalized spacial score (nSPS) is 11.2. The maximum atomic E-state index is 9.88. The zero-order valence-electron chi connectivity index (χ0n) is 10.6. The Bertz CT molecular complexity index is 875. The molecule has 0 amide bonds. The first-order chi connectivity index (χ1) is 9.81. The van der Waals surface area contributed by atoms with E-state index in [1.807, 2.05) is 42.5 Å². The number of phenolic OH excluding ortho intramolecular Hbond substituents is 1. The summed E-state index contributed by atoms with van der Waals surface area (Å²) in [6.07, 6.45) is 0. The Balaban J connectivity index is 1.99. The van der Waals surface area contributed by atoms with E-state index < -0.39 is 0 Å². The van der Waals surface area contributed by atoms with E-state index >= 15 is 0 Å². The smallest absolute Gasteiger partial charge is 0.143 e. The number of nitrogens with zero attached hydrogens (tertiary/aromatic N) is 3. The van der Waals surface area contributed by atoms with Crippen molar-refractivity contribution in [1.82, 2.24) is 15.0 Å². The molecule has 20 heavy (non-hydrogen) atoms. The predicted octanol–water partition coefficient (Wildman–Crippen LogP) is 3.28. The minimum absolute atomic E-state index is 0.164. The highest BCUT2D eigenvalue weighted by atomic mass is 16.3. The number of aromatic nitrogens is 3. The van der Waals surface area contributed by atoms with Gasteiger partial charge in [0.1, 0.15) is 22.5 Å². The van der Waals surface area contributed by atoms with E-state index in [0.717, 1.165) is 21.8 Å². The van der Waals surface area contributed by atoms with Crippen LogP contribution in [0.2, 0.25) is 0 Å². The van der Waals surface area contributed by atoms with Crippen molar-refractivity contribution in [1.29, 1.82) is 0 Å². The third kappa shape index (κ3) is 1.62. The number of hydrogen-bond acceptors (Lipinski definition) is 3. The van der Waals surface area contributed by atoms with Crippen LogP contribution < -0.4 is 0 Å². The first-order valence-electron chi connectivity index (χ1n) is 6.35. The lowest BCUT2D eigenvalue weighted by molar-refractivity contribution is 0.468. The predicted molar refractivity (Wildman–Crippen MR) is 78.0 cm³/mol. The zero-order chi connectivity index (χ0) is 13.5. The summed E-state index contributed by atoms with van der Waals surface area (Å²) in [6.45, 7) is 0. The fourth-order valence-corrected chi connectivity index (χ4v) is 2.34. The molecule has 0 atom stereocenters. The van der Waals surface area contributed by atoms with Gasteiger partial charge in [-0.1, -0.05) is 36.4 Å². The average Bonchev–Trinajstić information content (AvgIpc) is 2.87. The minimum atomic E-state index is 0.164. The van der Waals surface area contributed by atoms with E-state index in [-0.39, 0.29) is 5.75 Å². The monoisotopic (exact) mass is 261 g/mol. The molecule has 0 aliphatic rings. The van der Waals surface area contributed by atoms with Crippen molar-refractivity contribution < 1.29 is 5.11 Å². The molecule has 0 radical (unpaired) electrons. The quantitative estimate of drug-likeness (QED) is 0.572. The first kappa shape index (κ1) is 11.0. The summed E-state index contributed by atoms with van der Waals surface area (Å²) in [5.74, 6) is 0.164. The minimum Gasteiger partial charge on any atom is -0.506 e. The van der Waals surface area contributed by atoms with Gasteiger partial charge in [-0.3, -0.25) is 0 Å². The van der Waals surface area contributed by atoms with Crippen molar-refractivity contribution in [3.05, 3.63) is 60.7 Å². The van der Waals surface area contributed by atoms with Gasteiger partial charge in [-0.2, -0.15) is 0 Å². The maximum absolute atomic E-state index is 9.88. The third-order valence-corrected chi connectivity index (χ3v) is 3.34. The van der Waals surface area contributed by atoms with Crippen molar-refractivity contribution >= 4 is 21.8 Å². The molecule has 0 aliphatic heterocycles. The number of benzene rings is 3. The molecule has 4 heteroatoms. The van der Waals surface area contributed by atoms with E-state index in [9.17, 15) is 5.11 Å². The SMILES string of the molecule is Oc1ccccc1-n1nc2cc3ccccc3cc2n1. The van der Waals surface area contributed by atoms with Gasteiger partial charge in [0.2, 0.25) is 0 Å². The zero-order valence-corrected chi connectivity index (χ0v) is 10.6. The van der Waals surface area contributed by atoms with Crippen molar-refractivity contribution in [3.63, 3.8) is 0 Å². The number of rotatable bonds is 1. The van der Waals surface area contributed by atoms with Crippen molar-refractivity contribution in [2.24, 2.45) is 0 Å². The van der Waals surface area contributed by atoms with Crippen molar-refractivity contribution in [2.75, 3.05) is 0 Å². The topological polar surface area (TPSA) is 50.9 Å². The molecular formula is C16H11N3O. The van der Waals surface area contributed by atoms with Crippen molar-refractivity contribution in [2.45, 2.75) is 0 Å². The van der Waals surface area contributed by atoms with Gasteiger partial charge in [0.15, 0.2) is 0 Å².